The van der Waals surface area contributed by atoms with Gasteiger partial charge in [-0.1, -0.05) is 85.1 Å². The molecule has 0 fully saturated rings. The van der Waals surface area contributed by atoms with E-state index in [-0.39, 0.29) is 11.1 Å². The fourth-order valence-electron chi connectivity index (χ4n) is 3.54. The number of carbonyl (C=O) groups is 2. The van der Waals surface area contributed by atoms with Crippen LogP contribution in [0.4, 0.5) is 0 Å². The Morgan fingerprint density at radius 3 is 1.21 bits per heavy atom. The van der Waals surface area contributed by atoms with E-state index in [0.717, 1.165) is 11.1 Å². The van der Waals surface area contributed by atoms with Gasteiger partial charge in [-0.3, -0.25) is 0 Å². The molecule has 0 bridgehead atoms. The normalized spacial score (nSPS) is 12.4. The summed E-state index contributed by atoms with van der Waals surface area (Å²) < 4.78 is 9.28. The predicted molar refractivity (Wildman–Crippen MR) is 138 cm³/mol. The van der Waals surface area contributed by atoms with E-state index in [1.54, 1.807) is 0 Å². The molecule has 0 aliphatic rings. The number of nitriles is 2. The van der Waals surface area contributed by atoms with E-state index < -0.39 is 27.1 Å². The first-order valence-electron chi connectivity index (χ1n) is 10.6. The van der Waals surface area contributed by atoms with Gasteiger partial charge in [0.2, 0.25) is 0 Å². The third-order valence-corrected chi connectivity index (χ3v) is 24.3. The topological polar surface area (TPSA) is 100 Å². The molecule has 0 amide bonds. The third-order valence-electron chi connectivity index (χ3n) is 6.50. The Bertz CT molecular complexity index is 1120. The maximum atomic E-state index is 11.7. The summed E-state index contributed by atoms with van der Waals surface area (Å²) >= 11 is 0. The molecule has 8 heteroatoms. The van der Waals surface area contributed by atoms with Gasteiger partial charge in [0.15, 0.2) is 0 Å². The molecule has 2 aromatic rings. The second-order valence-corrected chi connectivity index (χ2v) is 24.0. The summed E-state index contributed by atoms with van der Waals surface area (Å²) in [4.78, 5) is 23.3. The molecule has 0 spiro atoms. The number of rotatable bonds is 7. The molecule has 0 saturated heterocycles. The summed E-state index contributed by atoms with van der Waals surface area (Å²) in [5.41, 5.74) is 1.46. The SMILES string of the molecule is COC(=O)/C(C#N)=C\c1ccc([Si](C)(C)[Si](C)(C)c2ccc(/C=C(\C#N)C(=O)OC)cc2)cc1. The monoisotopic (exact) mass is 488 g/mol. The maximum absolute atomic E-state index is 11.7. The van der Waals surface area contributed by atoms with Crippen molar-refractivity contribution in [2.24, 2.45) is 0 Å². The van der Waals surface area contributed by atoms with E-state index >= 15 is 0 Å². The number of esters is 2. The molecular weight excluding hydrogens is 460 g/mol. The summed E-state index contributed by atoms with van der Waals surface area (Å²) in [5, 5.41) is 20.9. The number of methoxy groups -OCH3 is 2. The van der Waals surface area contributed by atoms with Crippen LogP contribution in [0.2, 0.25) is 26.2 Å². The van der Waals surface area contributed by atoms with Crippen molar-refractivity contribution in [2.75, 3.05) is 14.2 Å². The van der Waals surface area contributed by atoms with Crippen LogP contribution in [0.3, 0.4) is 0 Å². The highest BCUT2D eigenvalue weighted by atomic mass is 29.3. The molecular formula is C26H28N2O4Si2. The molecule has 2 aromatic carbocycles. The van der Waals surface area contributed by atoms with E-state index in [1.807, 2.05) is 36.4 Å². The lowest BCUT2D eigenvalue weighted by Crippen LogP contribution is -2.69. The largest absolute Gasteiger partial charge is 0.465 e. The summed E-state index contributed by atoms with van der Waals surface area (Å²) in [7, 11) is -1.31. The molecule has 0 unspecified atom stereocenters. The second-order valence-electron chi connectivity index (χ2n) is 8.82. The van der Waals surface area contributed by atoms with Crippen LogP contribution in [-0.4, -0.2) is 41.3 Å². The van der Waals surface area contributed by atoms with Crippen LogP contribution in [0.1, 0.15) is 11.1 Å². The first kappa shape index (κ1) is 26.5. The Balaban J connectivity index is 2.35. The quantitative estimate of drug-likeness (QED) is 0.256. The van der Waals surface area contributed by atoms with Crippen molar-refractivity contribution < 1.29 is 19.1 Å². The third kappa shape index (κ3) is 5.60. The van der Waals surface area contributed by atoms with Crippen LogP contribution in [0.5, 0.6) is 0 Å². The van der Waals surface area contributed by atoms with Crippen LogP contribution in [0, 0.1) is 22.7 Å². The lowest BCUT2D eigenvalue weighted by Gasteiger charge is -2.39. The first-order chi connectivity index (χ1) is 16.0. The van der Waals surface area contributed by atoms with E-state index in [4.69, 9.17) is 0 Å². The summed E-state index contributed by atoms with van der Waals surface area (Å²) in [6.45, 7) is 9.44. The van der Waals surface area contributed by atoms with Crippen LogP contribution in [0.25, 0.3) is 12.2 Å². The van der Waals surface area contributed by atoms with Gasteiger partial charge >= 0.3 is 11.9 Å². The molecule has 0 N–H and O–H groups in total. The van der Waals surface area contributed by atoms with Gasteiger partial charge in [0.25, 0.3) is 0 Å². The first-order valence-corrected chi connectivity index (χ1v) is 17.6. The summed E-state index contributed by atoms with van der Waals surface area (Å²) in [6, 6.07) is 19.8. The highest BCUT2D eigenvalue weighted by molar-refractivity contribution is 7.49. The van der Waals surface area contributed by atoms with Gasteiger partial charge in [-0.05, 0) is 23.3 Å². The highest BCUT2D eigenvalue weighted by Gasteiger charge is 2.43. The Kier molecular flexibility index (Phi) is 8.53. The Morgan fingerprint density at radius 2 is 0.971 bits per heavy atom. The molecule has 6 nitrogen and oxygen atoms in total. The molecule has 34 heavy (non-hydrogen) atoms. The number of ether oxygens (including phenoxy) is 2. The summed E-state index contributed by atoms with van der Waals surface area (Å²) in [6.07, 6.45) is 3.06. The van der Waals surface area contributed by atoms with Crippen LogP contribution >= 0.6 is 0 Å². The molecule has 0 atom stereocenters. The average Bonchev–Trinajstić information content (AvgIpc) is 2.85. The fourth-order valence-corrected chi connectivity index (χ4v) is 12.3. The number of hydrogen-bond acceptors (Lipinski definition) is 6. The molecule has 174 valence electrons. The van der Waals surface area contributed by atoms with Crippen molar-refractivity contribution in [2.45, 2.75) is 26.2 Å². The minimum Gasteiger partial charge on any atom is -0.465 e. The minimum absolute atomic E-state index is 0.0395. The Labute approximate surface area is 202 Å². The average molecular weight is 489 g/mol. The van der Waals surface area contributed by atoms with Crippen molar-refractivity contribution in [3.63, 3.8) is 0 Å². The van der Waals surface area contributed by atoms with Gasteiger partial charge in [0.05, 0.1) is 29.4 Å². The molecule has 0 radical (unpaired) electrons. The standard InChI is InChI=1S/C26H28N2O4Si2/c1-31-25(29)21(17-27)15-19-7-11-23(12-8-19)33(3,4)34(5,6)24-13-9-20(10-14-24)16-22(18-28)26(30)32-2/h7-16H,1-6H3/b21-15-,22-16+. The molecule has 0 aliphatic heterocycles. The fraction of sp³-hybridized carbons (Fsp3) is 0.231. The van der Waals surface area contributed by atoms with Crippen molar-refractivity contribution in [3.8, 4) is 12.1 Å². The predicted octanol–water partition coefficient (Wildman–Crippen LogP) is 3.46. The van der Waals surface area contributed by atoms with Gasteiger partial charge in [-0.25, -0.2) is 9.59 Å². The number of benzene rings is 2. The van der Waals surface area contributed by atoms with Crippen LogP contribution in [-0.2, 0) is 19.1 Å². The highest BCUT2D eigenvalue weighted by Crippen LogP contribution is 2.21. The zero-order valence-electron chi connectivity index (χ0n) is 20.3. The Hall–Kier alpha value is -3.73. The number of nitrogens with zero attached hydrogens (tertiary/aromatic N) is 2. The smallest absolute Gasteiger partial charge is 0.348 e. The van der Waals surface area contributed by atoms with Crippen LogP contribution < -0.4 is 10.4 Å². The van der Waals surface area contributed by atoms with Gasteiger partial charge < -0.3 is 9.47 Å². The lowest BCUT2D eigenvalue weighted by atomic mass is 10.1. The van der Waals surface area contributed by atoms with E-state index in [1.165, 1.54) is 36.7 Å². The Morgan fingerprint density at radius 1 is 0.676 bits per heavy atom. The maximum Gasteiger partial charge on any atom is 0.348 e. The van der Waals surface area contributed by atoms with Crippen LogP contribution in [0.15, 0.2) is 59.7 Å². The second kappa shape index (κ2) is 10.9. The zero-order valence-corrected chi connectivity index (χ0v) is 22.3. The van der Waals surface area contributed by atoms with Crippen molar-refractivity contribution in [1.29, 1.82) is 10.5 Å². The van der Waals surface area contributed by atoms with Gasteiger partial charge in [0.1, 0.15) is 23.3 Å². The van der Waals surface area contributed by atoms with Crippen molar-refractivity contribution in [1.82, 2.24) is 0 Å². The molecule has 0 aliphatic carbocycles. The summed E-state index contributed by atoms with van der Waals surface area (Å²) in [5.74, 6) is -1.30. The van der Waals surface area contributed by atoms with Gasteiger partial charge in [-0.15, -0.1) is 0 Å². The van der Waals surface area contributed by atoms with E-state index in [2.05, 4.69) is 59.9 Å². The van der Waals surface area contributed by atoms with Crippen molar-refractivity contribution >= 4 is 49.6 Å². The molecule has 0 heterocycles. The molecule has 0 saturated carbocycles. The number of hydrogen-bond donors (Lipinski definition) is 0. The lowest BCUT2D eigenvalue weighted by molar-refractivity contribution is -0.136. The van der Waals surface area contributed by atoms with Gasteiger partial charge in [0, 0.05) is 0 Å². The van der Waals surface area contributed by atoms with E-state index in [0.29, 0.717) is 0 Å². The molecule has 0 aromatic heterocycles. The zero-order chi connectivity index (χ0) is 25.5. The van der Waals surface area contributed by atoms with Crippen molar-refractivity contribution in [3.05, 3.63) is 70.8 Å². The van der Waals surface area contributed by atoms with E-state index in [9.17, 15) is 20.1 Å². The number of carbonyl (C=O) groups excluding carboxylic acids is 2. The minimum atomic E-state index is -1.91. The van der Waals surface area contributed by atoms with Gasteiger partial charge in [-0.2, -0.15) is 10.5 Å². The molecule has 2 rings (SSSR count).